The van der Waals surface area contributed by atoms with Crippen molar-refractivity contribution >= 4 is 135 Å². The number of aromatic nitrogens is 1. The number of ketones is 4. The van der Waals surface area contributed by atoms with Gasteiger partial charge in [0.1, 0.15) is 16.6 Å². The Kier molecular flexibility index (Phi) is 8.78. The van der Waals surface area contributed by atoms with E-state index in [-0.39, 0.29) is 43.7 Å². The number of thiophene rings is 4. The lowest BCUT2D eigenvalue weighted by molar-refractivity contribution is -0.121. The summed E-state index contributed by atoms with van der Waals surface area (Å²) >= 11 is 5.35. The van der Waals surface area contributed by atoms with E-state index in [1.807, 2.05) is 30.3 Å². The van der Waals surface area contributed by atoms with Crippen LogP contribution in [0.4, 0.5) is 14.8 Å². The van der Waals surface area contributed by atoms with Crippen LogP contribution in [0.5, 0.6) is 0 Å². The number of carbonyl (C=O) groups excluding carboxylic acids is 5. The van der Waals surface area contributed by atoms with Gasteiger partial charge in [-0.25, -0.2) is 19.3 Å². The van der Waals surface area contributed by atoms with Crippen LogP contribution in [0.3, 0.4) is 0 Å². The summed E-state index contributed by atoms with van der Waals surface area (Å²) in [6, 6.07) is 21.3. The molecule has 13 nitrogen and oxygen atoms in total. The van der Waals surface area contributed by atoms with Gasteiger partial charge < -0.3 is 4.74 Å². The number of Topliss-reactive ketones (excluding diaryl/α,β-unsaturated/α-hetero) is 4. The molecule has 8 unspecified atom stereocenters. The maximum absolute atomic E-state index is 14.3. The van der Waals surface area contributed by atoms with Gasteiger partial charge in [-0.05, 0) is 43.4 Å². The van der Waals surface area contributed by atoms with E-state index in [0.29, 0.717) is 30.4 Å². The number of nitriles is 4. The van der Waals surface area contributed by atoms with Crippen LogP contribution in [0.15, 0.2) is 52.4 Å². The molecule has 5 heterocycles. The van der Waals surface area contributed by atoms with E-state index in [1.165, 1.54) is 49.9 Å². The maximum atomic E-state index is 14.3. The molecule has 5 aromatic heterocycles. The number of hydrogen-bond acceptors (Lipinski definition) is 16. The summed E-state index contributed by atoms with van der Waals surface area (Å²) in [7, 11) is 0. The Bertz CT molecular complexity index is 2870. The molecule has 0 bridgehead atoms. The van der Waals surface area contributed by atoms with Gasteiger partial charge in [0.15, 0.2) is 34.6 Å². The molecule has 0 saturated heterocycles. The lowest BCUT2D eigenvalue weighted by atomic mass is 9.70. The summed E-state index contributed by atoms with van der Waals surface area (Å²) < 4.78 is 12.1. The van der Waals surface area contributed by atoms with Crippen molar-refractivity contribution < 1.29 is 28.7 Å². The summed E-state index contributed by atoms with van der Waals surface area (Å²) in [6.45, 7) is 0.00579. The standard InChI is InChI=1S/C42H25N7O6S4/c43-12-18-6-22-23(7-19(18)13-44)35(51)30(34(22)50)47-28-10-26-38(58-28)32-40(56-26)41-33(49(32)42(54)55-16-17-4-2-1-3-5-17)39-27(57-41)11-29(59-39)48-31-36(52)24-8-20(14-45)21(15-46)9-25(24)37(31)53/h1-5,10-11,18-25H,6-9,16H2. The first kappa shape index (κ1) is 37.1. The number of aliphatic imine (C=N–C) groups is 2. The number of ether oxygens (including phenoxy) is 1. The molecule has 6 aromatic rings. The van der Waals surface area contributed by atoms with Gasteiger partial charge in [0, 0.05) is 23.7 Å². The summed E-state index contributed by atoms with van der Waals surface area (Å²) in [5, 5.41) is 39.2. The van der Waals surface area contributed by atoms with E-state index >= 15 is 0 Å². The van der Waals surface area contributed by atoms with Crippen molar-refractivity contribution in [1.29, 1.82) is 21.0 Å². The monoisotopic (exact) mass is 851 g/mol. The molecule has 0 amide bonds. The average molecular weight is 852 g/mol. The van der Waals surface area contributed by atoms with E-state index in [2.05, 4.69) is 34.3 Å². The SMILES string of the molecule is N#CC1CC2C(=O)C(=Nc3cc4sc5c6sc7cc(N=C8C(=O)C9CC(C#N)C(C#N)CC9C8=O)sc7c6n(C(=O)OCc6ccccc6)c5c4s3)C(=O)C2CC1C#N. The van der Waals surface area contributed by atoms with Crippen LogP contribution >= 0.6 is 45.3 Å². The molecule has 4 aliphatic rings. The highest BCUT2D eigenvalue weighted by Crippen LogP contribution is 2.53. The van der Waals surface area contributed by atoms with Gasteiger partial charge in [0.25, 0.3) is 0 Å². The number of hydrogen-bond donors (Lipinski definition) is 0. The molecule has 1 aromatic carbocycles. The summed E-state index contributed by atoms with van der Waals surface area (Å²) in [5.74, 6) is -6.92. The Morgan fingerprint density at radius 2 is 1.00 bits per heavy atom. The van der Waals surface area contributed by atoms with Crippen molar-refractivity contribution in [3.63, 3.8) is 0 Å². The first-order valence-corrected chi connectivity index (χ1v) is 21.9. The molecule has 4 fully saturated rings. The Hall–Kier alpha value is -6.21. The van der Waals surface area contributed by atoms with Crippen molar-refractivity contribution in [2.45, 2.75) is 32.3 Å². The first-order valence-electron chi connectivity index (χ1n) is 18.7. The van der Waals surface area contributed by atoms with E-state index in [0.717, 1.165) is 24.4 Å². The van der Waals surface area contributed by atoms with Crippen molar-refractivity contribution in [3.8, 4) is 24.3 Å². The topological polar surface area (TPSA) is 219 Å². The average Bonchev–Trinajstić information content (AvgIpc) is 4.11. The van der Waals surface area contributed by atoms with Crippen LogP contribution in [0.1, 0.15) is 31.2 Å². The van der Waals surface area contributed by atoms with Crippen molar-refractivity contribution in [3.05, 3.63) is 48.0 Å². The molecule has 17 heteroatoms. The lowest BCUT2D eigenvalue weighted by Crippen LogP contribution is -2.32. The third-order valence-electron chi connectivity index (χ3n) is 12.1. The third kappa shape index (κ3) is 5.65. The van der Waals surface area contributed by atoms with Crippen LogP contribution in [-0.2, 0) is 30.5 Å². The number of fused-ring (bicyclic) bond motifs is 9. The van der Waals surface area contributed by atoms with Gasteiger partial charge in [0.05, 0.1) is 87.2 Å². The van der Waals surface area contributed by atoms with Gasteiger partial charge in [-0.2, -0.15) is 21.0 Å². The number of benzene rings is 1. The second-order valence-corrected chi connectivity index (χ2v) is 19.3. The van der Waals surface area contributed by atoms with Gasteiger partial charge >= 0.3 is 6.09 Å². The molecular formula is C42H25N7O6S4. The van der Waals surface area contributed by atoms with E-state index in [1.54, 1.807) is 12.1 Å². The number of rotatable bonds is 4. The maximum Gasteiger partial charge on any atom is 0.419 e. The highest BCUT2D eigenvalue weighted by atomic mass is 32.1. The zero-order chi connectivity index (χ0) is 40.9. The van der Waals surface area contributed by atoms with E-state index in [9.17, 15) is 45.0 Å². The smallest absolute Gasteiger partial charge is 0.419 e. The highest BCUT2D eigenvalue weighted by molar-refractivity contribution is 7.39. The van der Waals surface area contributed by atoms with Gasteiger partial charge in [-0.1, -0.05) is 30.3 Å². The molecule has 0 N–H and O–H groups in total. The second-order valence-electron chi connectivity index (χ2n) is 15.2. The molecule has 0 spiro atoms. The molecule has 8 atom stereocenters. The number of carbonyl (C=O) groups is 5. The molecular weight excluding hydrogens is 827 g/mol. The normalized spacial score (nSPS) is 26.5. The van der Waals surface area contributed by atoms with Crippen LogP contribution in [-0.4, -0.2) is 45.2 Å². The summed E-state index contributed by atoms with van der Waals surface area (Å²) in [6.07, 6.45) is -0.0666. The Morgan fingerprint density at radius 1 is 0.610 bits per heavy atom. The zero-order valence-electron chi connectivity index (χ0n) is 30.4. The fourth-order valence-electron chi connectivity index (χ4n) is 9.16. The minimum Gasteiger partial charge on any atom is -0.444 e. The zero-order valence-corrected chi connectivity index (χ0v) is 33.7. The third-order valence-corrected chi connectivity index (χ3v) is 16.8. The van der Waals surface area contributed by atoms with Crippen LogP contribution in [0, 0.1) is 92.7 Å². The number of nitrogens with zero attached hydrogens (tertiary/aromatic N) is 7. The second kappa shape index (κ2) is 14.0. The minimum atomic E-state index is -0.684. The fourth-order valence-corrected chi connectivity index (χ4v) is 14.2. The van der Waals surface area contributed by atoms with Crippen LogP contribution in [0.2, 0.25) is 0 Å². The Labute approximate surface area is 349 Å². The lowest BCUT2D eigenvalue weighted by Gasteiger charge is -2.29. The Morgan fingerprint density at radius 3 is 1.37 bits per heavy atom. The van der Waals surface area contributed by atoms with Crippen molar-refractivity contribution in [1.82, 2.24) is 4.57 Å². The molecule has 0 radical (unpaired) electrons. The molecule has 59 heavy (non-hydrogen) atoms. The van der Waals surface area contributed by atoms with Gasteiger partial charge in [-0.15, -0.1) is 45.3 Å². The van der Waals surface area contributed by atoms with Crippen molar-refractivity contribution in [2.24, 2.45) is 57.3 Å². The quantitative estimate of drug-likeness (QED) is 0.164. The largest absolute Gasteiger partial charge is 0.444 e. The molecule has 10 rings (SSSR count). The Balaban J connectivity index is 1.06. The molecule has 4 saturated carbocycles. The first-order chi connectivity index (χ1) is 28.6. The summed E-state index contributed by atoms with van der Waals surface area (Å²) in [5.41, 5.74) is 1.60. The van der Waals surface area contributed by atoms with Crippen molar-refractivity contribution in [2.75, 3.05) is 0 Å². The molecule has 288 valence electrons. The predicted molar refractivity (Wildman–Crippen MR) is 221 cm³/mol. The fraction of sp³-hybridized carbons (Fsp3) is 0.310. The summed E-state index contributed by atoms with van der Waals surface area (Å²) in [4.78, 5) is 77.4. The van der Waals surface area contributed by atoms with E-state index in [4.69, 9.17) is 4.74 Å². The molecule has 0 aliphatic heterocycles. The van der Waals surface area contributed by atoms with Crippen LogP contribution < -0.4 is 0 Å². The van der Waals surface area contributed by atoms with Gasteiger partial charge in [0.2, 0.25) is 0 Å². The minimum absolute atomic E-state index is 0.00579. The van der Waals surface area contributed by atoms with Gasteiger partial charge in [-0.3, -0.25) is 19.2 Å². The predicted octanol–water partition coefficient (Wildman–Crippen LogP) is 8.59. The van der Waals surface area contributed by atoms with E-state index < -0.39 is 76.6 Å². The van der Waals surface area contributed by atoms with Crippen LogP contribution in [0.25, 0.3) is 39.2 Å². The molecule has 4 aliphatic carbocycles. The highest BCUT2D eigenvalue weighted by Gasteiger charge is 2.54.